The summed E-state index contributed by atoms with van der Waals surface area (Å²) < 4.78 is 8.32. The maximum Gasteiger partial charge on any atom is 0.290 e. The van der Waals surface area contributed by atoms with Gasteiger partial charge < -0.3 is 24.5 Å². The van der Waals surface area contributed by atoms with Crippen LogP contribution in [0.25, 0.3) is 5.65 Å². The molecular formula is C20H22N6O4S. The van der Waals surface area contributed by atoms with Crippen molar-refractivity contribution in [3.63, 3.8) is 0 Å². The monoisotopic (exact) mass is 442 g/mol. The summed E-state index contributed by atoms with van der Waals surface area (Å²) in [5.41, 5.74) is 2.91. The summed E-state index contributed by atoms with van der Waals surface area (Å²) in [6.45, 7) is 2.16. The van der Waals surface area contributed by atoms with E-state index in [-0.39, 0.29) is 24.1 Å². The topological polar surface area (TPSA) is 122 Å². The Kier molecular flexibility index (Phi) is 5.06. The Hall–Kier alpha value is -3.05. The fourth-order valence-corrected chi connectivity index (χ4v) is 5.83. The van der Waals surface area contributed by atoms with E-state index in [1.807, 2.05) is 28.8 Å². The number of nitrogens with one attached hydrogen (secondary N) is 1. The Balaban J connectivity index is 0.000000646. The zero-order valence-corrected chi connectivity index (χ0v) is 17.4. The van der Waals surface area contributed by atoms with E-state index < -0.39 is 0 Å². The highest BCUT2D eigenvalue weighted by molar-refractivity contribution is 7.13. The molecule has 11 heteroatoms. The molecule has 0 aromatic carbocycles. The zero-order chi connectivity index (χ0) is 21.4. The fourth-order valence-electron chi connectivity index (χ4n) is 5.26. The molecule has 10 nitrogen and oxygen atoms in total. The first-order valence-corrected chi connectivity index (χ1v) is 11.0. The van der Waals surface area contributed by atoms with E-state index in [1.54, 1.807) is 23.0 Å². The van der Waals surface area contributed by atoms with Crippen molar-refractivity contribution in [1.82, 2.24) is 24.9 Å². The van der Waals surface area contributed by atoms with Crippen LogP contribution in [0.1, 0.15) is 23.3 Å². The van der Waals surface area contributed by atoms with Crippen LogP contribution >= 0.6 is 11.3 Å². The Morgan fingerprint density at radius 3 is 3.10 bits per heavy atom. The first kappa shape index (κ1) is 19.9. The highest BCUT2D eigenvalue weighted by Gasteiger charge is 2.63. The minimum Gasteiger partial charge on any atom is -0.483 e. The lowest BCUT2D eigenvalue weighted by Crippen LogP contribution is -2.42. The van der Waals surface area contributed by atoms with Crippen LogP contribution in [0.2, 0.25) is 0 Å². The molecule has 6 heterocycles. The molecule has 0 aliphatic carbocycles. The number of pyridine rings is 1. The first-order chi connectivity index (χ1) is 15.1. The number of carbonyl (C=O) groups excluding carboxylic acids is 1. The summed E-state index contributed by atoms with van der Waals surface area (Å²) in [4.78, 5) is 27.7. The number of fused-ring (bicyclic) bond motifs is 2. The molecule has 0 radical (unpaired) electrons. The number of rotatable bonds is 4. The molecule has 3 aliphatic rings. The SMILES string of the molecule is O=C(NC[C@H]1[C@H]2CN(c3nncs3)C[C@]23CC[C@H]1O3)c1cn2ccccc2n1.O=CO. The molecule has 4 atom stereocenters. The maximum atomic E-state index is 12.7. The number of ether oxygens (including phenoxy) is 1. The molecule has 0 unspecified atom stereocenters. The number of hydrogen-bond donors (Lipinski definition) is 2. The Bertz CT molecular complexity index is 1060. The van der Waals surface area contributed by atoms with Crippen LogP contribution in [0, 0.1) is 11.8 Å². The van der Waals surface area contributed by atoms with E-state index in [2.05, 4.69) is 25.4 Å². The third kappa shape index (κ3) is 3.43. The van der Waals surface area contributed by atoms with Crippen molar-refractivity contribution in [3.8, 4) is 0 Å². The molecule has 3 saturated heterocycles. The van der Waals surface area contributed by atoms with Crippen LogP contribution in [0.15, 0.2) is 36.1 Å². The summed E-state index contributed by atoms with van der Waals surface area (Å²) in [5, 5.41) is 19.1. The van der Waals surface area contributed by atoms with Gasteiger partial charge in [-0.2, -0.15) is 0 Å². The normalized spacial score (nSPS) is 28.3. The van der Waals surface area contributed by atoms with Crippen molar-refractivity contribution >= 4 is 34.5 Å². The van der Waals surface area contributed by atoms with Gasteiger partial charge in [-0.25, -0.2) is 4.98 Å². The van der Waals surface area contributed by atoms with Gasteiger partial charge in [-0.05, 0) is 25.0 Å². The van der Waals surface area contributed by atoms with E-state index in [9.17, 15) is 4.79 Å². The van der Waals surface area contributed by atoms with Crippen molar-refractivity contribution in [1.29, 1.82) is 0 Å². The Morgan fingerprint density at radius 1 is 1.45 bits per heavy atom. The average molecular weight is 443 g/mol. The number of carbonyl (C=O) groups is 2. The van der Waals surface area contributed by atoms with Gasteiger partial charge in [0.05, 0.1) is 11.7 Å². The van der Waals surface area contributed by atoms with Crippen molar-refractivity contribution in [3.05, 3.63) is 41.8 Å². The Morgan fingerprint density at radius 2 is 2.32 bits per heavy atom. The second-order valence-corrected chi connectivity index (χ2v) is 8.85. The van der Waals surface area contributed by atoms with E-state index in [0.29, 0.717) is 24.1 Å². The van der Waals surface area contributed by atoms with E-state index in [1.165, 1.54) is 0 Å². The molecular weight excluding hydrogens is 420 g/mol. The number of carboxylic acid groups (broad SMARTS) is 1. The van der Waals surface area contributed by atoms with Gasteiger partial charge in [0.2, 0.25) is 5.13 Å². The molecule has 6 rings (SSSR count). The summed E-state index contributed by atoms with van der Waals surface area (Å²) >= 11 is 1.57. The van der Waals surface area contributed by atoms with Gasteiger partial charge in [0, 0.05) is 43.9 Å². The molecule has 2 N–H and O–H groups in total. The van der Waals surface area contributed by atoms with Gasteiger partial charge in [-0.1, -0.05) is 17.4 Å². The largest absolute Gasteiger partial charge is 0.483 e. The predicted octanol–water partition coefficient (Wildman–Crippen LogP) is 1.30. The second kappa shape index (κ2) is 7.89. The van der Waals surface area contributed by atoms with Crippen molar-refractivity contribution in [2.45, 2.75) is 24.5 Å². The number of anilines is 1. The van der Waals surface area contributed by atoms with Crippen molar-refractivity contribution in [2.75, 3.05) is 24.5 Å². The lowest BCUT2D eigenvalue weighted by molar-refractivity contribution is -0.122. The number of imidazole rings is 1. The minimum absolute atomic E-state index is 0.0885. The number of hydrogen-bond acceptors (Lipinski definition) is 8. The molecule has 162 valence electrons. The fraction of sp³-hybridized carbons (Fsp3) is 0.450. The van der Waals surface area contributed by atoms with Crippen LogP contribution in [0.3, 0.4) is 0 Å². The average Bonchev–Trinajstić information content (AvgIpc) is 3.57. The highest BCUT2D eigenvalue weighted by atomic mass is 32.1. The third-order valence-corrected chi connectivity index (χ3v) is 7.25. The molecule has 3 aliphatic heterocycles. The lowest BCUT2D eigenvalue weighted by Gasteiger charge is -2.29. The Labute approximate surface area is 181 Å². The van der Waals surface area contributed by atoms with Crippen LogP contribution < -0.4 is 10.2 Å². The molecule has 1 spiro atoms. The number of nitrogens with zero attached hydrogens (tertiary/aromatic N) is 5. The van der Waals surface area contributed by atoms with Gasteiger partial charge in [-0.3, -0.25) is 9.59 Å². The van der Waals surface area contributed by atoms with Crippen LogP contribution in [-0.4, -0.2) is 68.4 Å². The quantitative estimate of drug-likeness (QED) is 0.580. The van der Waals surface area contributed by atoms with Crippen LogP contribution in [-0.2, 0) is 9.53 Å². The summed E-state index contributed by atoms with van der Waals surface area (Å²) in [7, 11) is 0. The summed E-state index contributed by atoms with van der Waals surface area (Å²) in [5.74, 6) is 0.615. The minimum atomic E-state index is -0.250. The molecule has 3 aromatic rings. The van der Waals surface area contributed by atoms with Crippen LogP contribution in [0.5, 0.6) is 0 Å². The van der Waals surface area contributed by atoms with Crippen molar-refractivity contribution < 1.29 is 19.4 Å². The first-order valence-electron chi connectivity index (χ1n) is 10.1. The molecule has 3 fully saturated rings. The molecule has 0 saturated carbocycles. The number of aromatic nitrogens is 4. The predicted molar refractivity (Wildman–Crippen MR) is 112 cm³/mol. The van der Waals surface area contributed by atoms with Gasteiger partial charge in [0.15, 0.2) is 0 Å². The van der Waals surface area contributed by atoms with Crippen LogP contribution in [0.4, 0.5) is 5.13 Å². The lowest BCUT2D eigenvalue weighted by atomic mass is 9.73. The third-order valence-electron chi connectivity index (χ3n) is 6.50. The van der Waals surface area contributed by atoms with Gasteiger partial charge in [0.1, 0.15) is 16.9 Å². The maximum absolute atomic E-state index is 12.7. The van der Waals surface area contributed by atoms with Gasteiger partial charge >= 0.3 is 0 Å². The zero-order valence-electron chi connectivity index (χ0n) is 16.6. The van der Waals surface area contributed by atoms with Crippen molar-refractivity contribution in [2.24, 2.45) is 11.8 Å². The number of amides is 1. The summed E-state index contributed by atoms with van der Waals surface area (Å²) in [6.07, 6.45) is 6.07. The van der Waals surface area contributed by atoms with Gasteiger partial charge in [0.25, 0.3) is 12.4 Å². The van der Waals surface area contributed by atoms with E-state index in [4.69, 9.17) is 14.6 Å². The standard InChI is InChI=1S/C19H20N6O2S.CH2O2/c26-17(14-9-24-6-2-1-3-16(24)22-14)20-7-12-13-8-25(18-23-21-11-28-18)10-19(13)5-4-15(12)27-19;2-1-3/h1-3,6,9,11-13,15H,4-5,7-8,10H2,(H,20,26);1H,(H,2,3)/t12-,13+,15+,19+;/m0./s1. The highest BCUT2D eigenvalue weighted by Crippen LogP contribution is 2.55. The second-order valence-electron chi connectivity index (χ2n) is 8.04. The summed E-state index contributed by atoms with van der Waals surface area (Å²) in [6, 6.07) is 5.73. The van der Waals surface area contributed by atoms with Gasteiger partial charge in [-0.15, -0.1) is 10.2 Å². The molecule has 3 aromatic heterocycles. The van der Waals surface area contributed by atoms with E-state index >= 15 is 0 Å². The van der Waals surface area contributed by atoms with E-state index in [0.717, 1.165) is 36.7 Å². The smallest absolute Gasteiger partial charge is 0.290 e. The molecule has 1 amide bonds. The molecule has 2 bridgehead atoms. The molecule has 31 heavy (non-hydrogen) atoms.